The van der Waals surface area contributed by atoms with E-state index >= 15 is 0 Å². The van der Waals surface area contributed by atoms with Gasteiger partial charge in [0, 0.05) is 17.7 Å². The zero-order valence-corrected chi connectivity index (χ0v) is 11.2. The Balaban J connectivity index is 1.97. The maximum atomic E-state index is 5.44. The summed E-state index contributed by atoms with van der Waals surface area (Å²) in [7, 11) is 1.69. The summed E-state index contributed by atoms with van der Waals surface area (Å²) in [5, 5.41) is 7.66. The van der Waals surface area contributed by atoms with Crippen LogP contribution in [0.3, 0.4) is 0 Å². The first-order valence-corrected chi connectivity index (χ1v) is 6.34. The molecule has 0 atom stereocenters. The van der Waals surface area contributed by atoms with Crippen molar-refractivity contribution >= 4 is 0 Å². The van der Waals surface area contributed by atoms with Crippen molar-refractivity contribution in [2.24, 2.45) is 0 Å². The van der Waals surface area contributed by atoms with E-state index in [9.17, 15) is 0 Å². The Morgan fingerprint density at radius 3 is 2.75 bits per heavy atom. The lowest BCUT2D eigenvalue weighted by atomic mass is 10.0. The summed E-state index contributed by atoms with van der Waals surface area (Å²) in [6, 6.07) is 17.1. The van der Waals surface area contributed by atoms with E-state index in [4.69, 9.17) is 4.74 Å². The molecule has 0 spiro atoms. The summed E-state index contributed by atoms with van der Waals surface area (Å²) in [4.78, 5) is 0. The van der Waals surface area contributed by atoms with Gasteiger partial charge in [-0.15, -0.1) is 10.2 Å². The van der Waals surface area contributed by atoms with E-state index < -0.39 is 0 Å². The van der Waals surface area contributed by atoms with Crippen LogP contribution in [-0.4, -0.2) is 21.9 Å². The van der Waals surface area contributed by atoms with Gasteiger partial charge in [0.15, 0.2) is 0 Å². The fourth-order valence-electron chi connectivity index (χ4n) is 2.16. The van der Waals surface area contributed by atoms with Gasteiger partial charge in [0.2, 0.25) is 0 Å². The minimum atomic E-state index is 0.802. The zero-order chi connectivity index (χ0) is 13.8. The molecule has 0 N–H and O–H groups in total. The average Bonchev–Trinajstić information content (AvgIpc) is 3.02. The topological polar surface area (TPSA) is 39.9 Å². The van der Waals surface area contributed by atoms with Crippen molar-refractivity contribution in [1.29, 1.82) is 0 Å². The van der Waals surface area contributed by atoms with Gasteiger partial charge >= 0.3 is 0 Å². The van der Waals surface area contributed by atoms with Gasteiger partial charge in [0.05, 0.1) is 7.11 Å². The highest BCUT2D eigenvalue weighted by molar-refractivity contribution is 5.46. The van der Waals surface area contributed by atoms with Crippen LogP contribution < -0.4 is 4.74 Å². The molecule has 0 saturated carbocycles. The van der Waals surface area contributed by atoms with E-state index in [1.165, 1.54) is 5.56 Å². The van der Waals surface area contributed by atoms with E-state index in [-0.39, 0.29) is 0 Å². The van der Waals surface area contributed by atoms with E-state index in [0.717, 1.165) is 23.4 Å². The molecule has 3 rings (SSSR count). The largest absolute Gasteiger partial charge is 0.496 e. The molecule has 3 aromatic rings. The Hall–Kier alpha value is -2.62. The molecule has 0 fully saturated rings. The lowest BCUT2D eigenvalue weighted by Crippen LogP contribution is -1.97. The highest BCUT2D eigenvalue weighted by Gasteiger charge is 2.07. The smallest absolute Gasteiger partial charge is 0.123 e. The number of ether oxygens (including phenoxy) is 1. The molecule has 99 valence electrons. The molecule has 0 amide bonds. The average molecular weight is 264 g/mol. The normalized spacial score (nSPS) is 10.4. The van der Waals surface area contributed by atoms with Gasteiger partial charge in [0.1, 0.15) is 18.4 Å². The minimum absolute atomic E-state index is 0.802. The van der Waals surface area contributed by atoms with Crippen molar-refractivity contribution in [1.82, 2.24) is 14.8 Å². The van der Waals surface area contributed by atoms with Crippen LogP contribution in [0.1, 0.15) is 11.1 Å². The SMILES string of the molecule is COc1ccc(-n2cnnc2)cc1Cc1c[c]ccc1. The molecule has 0 bridgehead atoms. The minimum Gasteiger partial charge on any atom is -0.496 e. The van der Waals surface area contributed by atoms with Crippen LogP contribution in [0, 0.1) is 6.07 Å². The van der Waals surface area contributed by atoms with E-state index in [1.54, 1.807) is 19.8 Å². The zero-order valence-electron chi connectivity index (χ0n) is 11.2. The van der Waals surface area contributed by atoms with E-state index in [0.29, 0.717) is 0 Å². The van der Waals surface area contributed by atoms with Crippen molar-refractivity contribution in [3.05, 3.63) is 72.3 Å². The van der Waals surface area contributed by atoms with Gasteiger partial charge < -0.3 is 4.74 Å². The molecule has 2 aromatic carbocycles. The monoisotopic (exact) mass is 264 g/mol. The summed E-state index contributed by atoms with van der Waals surface area (Å²) in [6.45, 7) is 0. The lowest BCUT2D eigenvalue weighted by molar-refractivity contribution is 0.410. The molecule has 0 unspecified atom stereocenters. The highest BCUT2D eigenvalue weighted by atomic mass is 16.5. The fourth-order valence-corrected chi connectivity index (χ4v) is 2.16. The summed E-state index contributed by atoms with van der Waals surface area (Å²) < 4.78 is 7.31. The number of nitrogens with zero attached hydrogens (tertiary/aromatic N) is 3. The van der Waals surface area contributed by atoms with Crippen LogP contribution in [-0.2, 0) is 6.42 Å². The third-order valence-corrected chi connectivity index (χ3v) is 3.15. The number of hydrogen-bond donors (Lipinski definition) is 0. The molecule has 0 aliphatic heterocycles. The molecule has 1 radical (unpaired) electrons. The third kappa shape index (κ3) is 2.54. The second kappa shape index (κ2) is 5.57. The Bertz CT molecular complexity index is 678. The van der Waals surface area contributed by atoms with Crippen LogP contribution in [0.15, 0.2) is 55.1 Å². The van der Waals surface area contributed by atoms with Gasteiger partial charge in [0.25, 0.3) is 0 Å². The van der Waals surface area contributed by atoms with Crippen LogP contribution in [0.5, 0.6) is 5.75 Å². The molecule has 1 aromatic heterocycles. The number of aromatic nitrogens is 3. The van der Waals surface area contributed by atoms with Gasteiger partial charge in [-0.3, -0.25) is 4.57 Å². The van der Waals surface area contributed by atoms with Gasteiger partial charge in [-0.05, 0) is 29.8 Å². The molecule has 4 nitrogen and oxygen atoms in total. The van der Waals surface area contributed by atoms with Crippen LogP contribution >= 0.6 is 0 Å². The molecule has 4 heteroatoms. The van der Waals surface area contributed by atoms with Crippen molar-refractivity contribution in [2.45, 2.75) is 6.42 Å². The predicted molar refractivity (Wildman–Crippen MR) is 76.0 cm³/mol. The van der Waals surface area contributed by atoms with Crippen molar-refractivity contribution < 1.29 is 4.74 Å². The van der Waals surface area contributed by atoms with Crippen LogP contribution in [0.2, 0.25) is 0 Å². The van der Waals surface area contributed by atoms with Crippen LogP contribution in [0.25, 0.3) is 5.69 Å². The van der Waals surface area contributed by atoms with E-state index in [1.807, 2.05) is 34.9 Å². The Kier molecular flexibility index (Phi) is 3.46. The summed E-state index contributed by atoms with van der Waals surface area (Å²) in [6.07, 6.45) is 4.17. The second-order valence-corrected chi connectivity index (χ2v) is 4.45. The fraction of sp³-hybridized carbons (Fsp3) is 0.125. The molecular weight excluding hydrogens is 250 g/mol. The molecule has 0 aliphatic rings. The number of hydrogen-bond acceptors (Lipinski definition) is 3. The molecule has 0 saturated heterocycles. The van der Waals surface area contributed by atoms with Crippen LogP contribution in [0.4, 0.5) is 0 Å². The molecular formula is C16H14N3O. The standard InChI is InChI=1S/C16H14N3O/c1-20-16-8-7-15(19-11-17-18-12-19)10-14(16)9-13-5-3-2-4-6-13/h2-3,5-8,10-12H,9H2,1H3. The first-order chi connectivity index (χ1) is 9.86. The number of rotatable bonds is 4. The second-order valence-electron chi connectivity index (χ2n) is 4.45. The summed E-state index contributed by atoms with van der Waals surface area (Å²) in [5.74, 6) is 0.880. The van der Waals surface area contributed by atoms with Crippen molar-refractivity contribution in [3.8, 4) is 11.4 Å². The van der Waals surface area contributed by atoms with E-state index in [2.05, 4.69) is 28.4 Å². The number of benzene rings is 2. The Morgan fingerprint density at radius 1 is 1.20 bits per heavy atom. The van der Waals surface area contributed by atoms with Crippen molar-refractivity contribution in [2.75, 3.05) is 7.11 Å². The maximum Gasteiger partial charge on any atom is 0.123 e. The summed E-state index contributed by atoms with van der Waals surface area (Å²) >= 11 is 0. The molecule has 1 heterocycles. The lowest BCUT2D eigenvalue weighted by Gasteiger charge is -2.11. The predicted octanol–water partition coefficient (Wildman–Crippen LogP) is 2.67. The van der Waals surface area contributed by atoms with Gasteiger partial charge in [-0.25, -0.2) is 0 Å². The number of methoxy groups -OCH3 is 1. The van der Waals surface area contributed by atoms with Gasteiger partial charge in [-0.2, -0.15) is 0 Å². The first kappa shape index (κ1) is 12.4. The first-order valence-electron chi connectivity index (χ1n) is 6.34. The molecule has 0 aliphatic carbocycles. The quantitative estimate of drug-likeness (QED) is 0.727. The Morgan fingerprint density at radius 2 is 2.05 bits per heavy atom. The highest BCUT2D eigenvalue weighted by Crippen LogP contribution is 2.24. The van der Waals surface area contributed by atoms with Crippen molar-refractivity contribution in [3.63, 3.8) is 0 Å². The van der Waals surface area contributed by atoms with Gasteiger partial charge in [-0.1, -0.05) is 24.3 Å². The molecule has 20 heavy (non-hydrogen) atoms. The summed E-state index contributed by atoms with van der Waals surface area (Å²) in [5.41, 5.74) is 3.34. The third-order valence-electron chi connectivity index (χ3n) is 3.15. The Labute approximate surface area is 117 Å². The maximum absolute atomic E-state index is 5.44.